The number of carbonyl (C=O) groups excluding carboxylic acids is 2. The van der Waals surface area contributed by atoms with Crippen LogP contribution in [0.1, 0.15) is 49.6 Å². The molecule has 0 radical (unpaired) electrons. The highest BCUT2D eigenvalue weighted by Gasteiger charge is 2.35. The maximum atomic E-state index is 13.5. The molecule has 0 saturated carbocycles. The Hall–Kier alpha value is -2.21. The van der Waals surface area contributed by atoms with Crippen molar-refractivity contribution >= 4 is 28.8 Å². The Kier molecular flexibility index (Phi) is 4.64. The van der Waals surface area contributed by atoms with E-state index in [1.165, 1.54) is 12.1 Å². The first-order chi connectivity index (χ1) is 11.8. The van der Waals surface area contributed by atoms with Gasteiger partial charge in [-0.15, -0.1) is 11.3 Å². The van der Waals surface area contributed by atoms with Gasteiger partial charge in [0.05, 0.1) is 12.0 Å². The van der Waals surface area contributed by atoms with E-state index >= 15 is 0 Å². The predicted octanol–water partition coefficient (Wildman–Crippen LogP) is 4.22. The minimum atomic E-state index is -0.617. The molecule has 2 aromatic rings. The number of thiophene rings is 1. The van der Waals surface area contributed by atoms with Gasteiger partial charge in [-0.1, -0.05) is 32.9 Å². The second-order valence-corrected chi connectivity index (χ2v) is 8.34. The van der Waals surface area contributed by atoms with Crippen LogP contribution in [0.15, 0.2) is 35.7 Å². The predicted molar refractivity (Wildman–Crippen MR) is 97.0 cm³/mol. The number of nitrogens with one attached hydrogen (secondary N) is 2. The Balaban J connectivity index is 1.89. The monoisotopic (exact) mass is 360 g/mol. The molecule has 4 nitrogen and oxygen atoms in total. The number of fused-ring (bicyclic) bond motifs is 1. The minimum absolute atomic E-state index is 0.0613. The van der Waals surface area contributed by atoms with Gasteiger partial charge in [0.25, 0.3) is 0 Å². The van der Waals surface area contributed by atoms with Crippen LogP contribution in [0.5, 0.6) is 0 Å². The maximum Gasteiger partial charge on any atom is 0.228 e. The topological polar surface area (TPSA) is 58.2 Å². The van der Waals surface area contributed by atoms with Crippen molar-refractivity contribution in [2.75, 3.05) is 5.32 Å². The number of halogens is 1. The van der Waals surface area contributed by atoms with Gasteiger partial charge in [0.2, 0.25) is 11.8 Å². The smallest absolute Gasteiger partial charge is 0.228 e. The Labute approximate surface area is 150 Å². The van der Waals surface area contributed by atoms with Gasteiger partial charge in [-0.25, -0.2) is 4.39 Å². The summed E-state index contributed by atoms with van der Waals surface area (Å²) in [4.78, 5) is 26.0. The van der Waals surface area contributed by atoms with Gasteiger partial charge in [-0.05, 0) is 34.6 Å². The van der Waals surface area contributed by atoms with Gasteiger partial charge in [0.1, 0.15) is 5.82 Å². The molecule has 0 spiro atoms. The first-order valence-corrected chi connectivity index (χ1v) is 9.07. The lowest BCUT2D eigenvalue weighted by molar-refractivity contribution is -0.127. The average Bonchev–Trinajstić information content (AvgIpc) is 3.03. The van der Waals surface area contributed by atoms with Crippen molar-refractivity contribution < 1.29 is 14.0 Å². The Morgan fingerprint density at radius 3 is 2.76 bits per heavy atom. The molecule has 2 amide bonds. The molecule has 2 heterocycles. The summed E-state index contributed by atoms with van der Waals surface area (Å²) in [6.45, 7) is 6.19. The normalized spacial score (nSPS) is 18.2. The van der Waals surface area contributed by atoms with Crippen LogP contribution < -0.4 is 10.6 Å². The largest absolute Gasteiger partial charge is 0.347 e. The molecular weight excluding hydrogens is 339 g/mol. The highest BCUT2D eigenvalue weighted by Crippen LogP contribution is 2.38. The van der Waals surface area contributed by atoms with E-state index in [-0.39, 0.29) is 29.7 Å². The zero-order valence-corrected chi connectivity index (χ0v) is 15.2. The van der Waals surface area contributed by atoms with Crippen molar-refractivity contribution in [3.8, 4) is 0 Å². The summed E-state index contributed by atoms with van der Waals surface area (Å²) in [7, 11) is 0. The van der Waals surface area contributed by atoms with Crippen LogP contribution in [0.3, 0.4) is 0 Å². The Bertz CT molecular complexity index is 796. The Morgan fingerprint density at radius 2 is 2.12 bits per heavy atom. The first kappa shape index (κ1) is 17.6. The van der Waals surface area contributed by atoms with E-state index in [2.05, 4.69) is 31.4 Å². The summed E-state index contributed by atoms with van der Waals surface area (Å²) in [5.41, 5.74) is 0.848. The number of benzene rings is 1. The van der Waals surface area contributed by atoms with Gasteiger partial charge in [-0.2, -0.15) is 0 Å². The van der Waals surface area contributed by atoms with E-state index in [1.54, 1.807) is 17.4 Å². The molecule has 1 aromatic carbocycles. The number of hydrogen-bond donors (Lipinski definition) is 2. The summed E-state index contributed by atoms with van der Waals surface area (Å²) < 4.78 is 13.5. The third-order valence-corrected chi connectivity index (χ3v) is 5.29. The summed E-state index contributed by atoms with van der Waals surface area (Å²) in [5.74, 6) is -1.54. The number of anilines is 1. The molecule has 0 saturated heterocycles. The molecule has 2 atom stereocenters. The molecule has 1 aromatic heterocycles. The molecule has 25 heavy (non-hydrogen) atoms. The minimum Gasteiger partial charge on any atom is -0.347 e. The lowest BCUT2D eigenvalue weighted by Gasteiger charge is -2.33. The highest BCUT2D eigenvalue weighted by atomic mass is 32.1. The molecule has 0 fully saturated rings. The van der Waals surface area contributed by atoms with Crippen LogP contribution in [0, 0.1) is 11.2 Å². The second kappa shape index (κ2) is 6.59. The van der Waals surface area contributed by atoms with E-state index in [0.717, 1.165) is 4.88 Å². The zero-order valence-electron chi connectivity index (χ0n) is 14.4. The number of rotatable bonds is 3. The third-order valence-electron chi connectivity index (χ3n) is 4.35. The van der Waals surface area contributed by atoms with Crippen LogP contribution in [0.4, 0.5) is 10.1 Å². The molecule has 3 rings (SSSR count). The fourth-order valence-corrected chi connectivity index (χ4v) is 4.10. The van der Waals surface area contributed by atoms with Crippen LogP contribution in [-0.4, -0.2) is 11.8 Å². The van der Waals surface area contributed by atoms with Crippen molar-refractivity contribution in [1.82, 2.24) is 5.32 Å². The van der Waals surface area contributed by atoms with E-state index in [1.807, 2.05) is 17.5 Å². The molecule has 0 aliphatic carbocycles. The van der Waals surface area contributed by atoms with Gasteiger partial charge >= 0.3 is 0 Å². The van der Waals surface area contributed by atoms with Gasteiger partial charge in [0.15, 0.2) is 0 Å². The first-order valence-electron chi connectivity index (χ1n) is 8.19. The van der Waals surface area contributed by atoms with Crippen LogP contribution in [0.25, 0.3) is 0 Å². The van der Waals surface area contributed by atoms with Crippen LogP contribution >= 0.6 is 11.3 Å². The van der Waals surface area contributed by atoms with Crippen LogP contribution in [-0.2, 0) is 9.59 Å². The maximum absolute atomic E-state index is 13.5. The van der Waals surface area contributed by atoms with Crippen LogP contribution in [0.2, 0.25) is 0 Å². The molecule has 2 unspecified atom stereocenters. The quantitative estimate of drug-likeness (QED) is 0.861. The Morgan fingerprint density at radius 1 is 1.36 bits per heavy atom. The third kappa shape index (κ3) is 3.74. The fraction of sp³-hybridized carbons (Fsp3) is 0.368. The number of amides is 2. The molecule has 1 aliphatic heterocycles. The zero-order chi connectivity index (χ0) is 18.2. The van der Waals surface area contributed by atoms with Crippen molar-refractivity contribution in [1.29, 1.82) is 0 Å². The standard InChI is InChI=1S/C19H21FN2O2S/c1-19(2,3)17(15-5-4-8-25-15)22-18(24)13-10-16(23)21-14-9-11(20)6-7-12(13)14/h4-9,13,17H,10H2,1-3H3,(H,21,23)(H,22,24). The van der Waals surface area contributed by atoms with Crippen molar-refractivity contribution in [2.24, 2.45) is 5.41 Å². The average molecular weight is 360 g/mol. The lowest BCUT2D eigenvalue weighted by Crippen LogP contribution is -2.41. The SMILES string of the molecule is CC(C)(C)C(NC(=O)C1CC(=O)Nc2cc(F)ccc21)c1cccs1. The van der Waals surface area contributed by atoms with E-state index in [9.17, 15) is 14.0 Å². The number of carbonyl (C=O) groups is 2. The summed E-state index contributed by atoms with van der Waals surface area (Å²) in [5, 5.41) is 7.72. The molecular formula is C19H21FN2O2S. The van der Waals surface area contributed by atoms with Crippen molar-refractivity contribution in [3.63, 3.8) is 0 Å². The van der Waals surface area contributed by atoms with Gasteiger partial charge in [0, 0.05) is 17.0 Å². The van der Waals surface area contributed by atoms with E-state index < -0.39 is 11.7 Å². The summed E-state index contributed by atoms with van der Waals surface area (Å²) in [6, 6.07) is 7.94. The fourth-order valence-electron chi connectivity index (χ4n) is 3.08. The van der Waals surface area contributed by atoms with Crippen molar-refractivity contribution in [2.45, 2.75) is 39.2 Å². The second-order valence-electron chi connectivity index (χ2n) is 7.36. The lowest BCUT2D eigenvalue weighted by atomic mass is 9.84. The summed E-state index contributed by atoms with van der Waals surface area (Å²) >= 11 is 1.59. The van der Waals surface area contributed by atoms with Gasteiger partial charge < -0.3 is 10.6 Å². The van der Waals surface area contributed by atoms with Gasteiger partial charge in [-0.3, -0.25) is 9.59 Å². The molecule has 1 aliphatic rings. The highest BCUT2D eigenvalue weighted by molar-refractivity contribution is 7.10. The molecule has 0 bridgehead atoms. The van der Waals surface area contributed by atoms with E-state index in [4.69, 9.17) is 0 Å². The molecule has 132 valence electrons. The number of hydrogen-bond acceptors (Lipinski definition) is 3. The van der Waals surface area contributed by atoms with Crippen molar-refractivity contribution in [3.05, 3.63) is 52.0 Å². The van der Waals surface area contributed by atoms with E-state index in [0.29, 0.717) is 11.3 Å². The molecule has 2 N–H and O–H groups in total. The molecule has 6 heteroatoms. The summed E-state index contributed by atoms with van der Waals surface area (Å²) in [6.07, 6.45) is 0.0613.